The average Bonchev–Trinajstić information content (AvgIpc) is 2.83. The van der Waals surface area contributed by atoms with Crippen LogP contribution in [-0.4, -0.2) is 29.6 Å². The van der Waals surface area contributed by atoms with Gasteiger partial charge in [-0.3, -0.25) is 4.79 Å². The molecule has 3 aromatic rings. The highest BCUT2D eigenvalue weighted by Gasteiger charge is 2.12. The van der Waals surface area contributed by atoms with Gasteiger partial charge in [0.05, 0.1) is 19.2 Å². The van der Waals surface area contributed by atoms with E-state index in [1.807, 2.05) is 36.4 Å². The van der Waals surface area contributed by atoms with Crippen LogP contribution < -0.4 is 20.3 Å². The predicted molar refractivity (Wildman–Crippen MR) is 124 cm³/mol. The zero-order valence-corrected chi connectivity index (χ0v) is 17.9. The molecule has 1 heterocycles. The highest BCUT2D eigenvalue weighted by atomic mass is 16.5. The van der Waals surface area contributed by atoms with Crippen LogP contribution in [0.15, 0.2) is 42.7 Å². The Kier molecular flexibility index (Phi) is 8.23. The van der Waals surface area contributed by atoms with Crippen LogP contribution >= 0.6 is 0 Å². The van der Waals surface area contributed by atoms with Crippen LogP contribution in [0.2, 0.25) is 0 Å². The molecule has 0 aliphatic heterocycles. The Bertz CT molecular complexity index is 1110. The second kappa shape index (κ2) is 11.5. The molecule has 0 aliphatic rings. The van der Waals surface area contributed by atoms with E-state index in [1.165, 1.54) is 11.8 Å². The summed E-state index contributed by atoms with van der Waals surface area (Å²) < 4.78 is 11.4. The van der Waals surface area contributed by atoms with Crippen LogP contribution in [-0.2, 0) is 4.79 Å². The Morgan fingerprint density at radius 2 is 1.97 bits per heavy atom. The summed E-state index contributed by atoms with van der Waals surface area (Å²) in [4.78, 5) is 19.7. The predicted octanol–water partition coefficient (Wildman–Crippen LogP) is 4.31. The smallest absolute Gasteiger partial charge is 0.209 e. The first-order valence-corrected chi connectivity index (χ1v) is 10.3. The van der Waals surface area contributed by atoms with Gasteiger partial charge >= 0.3 is 0 Å². The summed E-state index contributed by atoms with van der Waals surface area (Å²) in [5, 5.41) is 14.3. The minimum Gasteiger partial charge on any atom is -0.759 e. The fourth-order valence-electron chi connectivity index (χ4n) is 3.23. The molecule has 0 radical (unpaired) electrons. The fourth-order valence-corrected chi connectivity index (χ4v) is 3.23. The number of ether oxygens (including phenoxy) is 2. The third-order valence-electron chi connectivity index (χ3n) is 4.88. The molecular formula is C24H25N4O4-. The Hall–Kier alpha value is -3.83. The van der Waals surface area contributed by atoms with Crippen molar-refractivity contribution in [2.75, 3.05) is 19.0 Å². The van der Waals surface area contributed by atoms with E-state index >= 15 is 0 Å². The molecule has 0 unspecified atom stereocenters. The van der Waals surface area contributed by atoms with Crippen molar-refractivity contribution in [3.05, 3.63) is 53.5 Å². The summed E-state index contributed by atoms with van der Waals surface area (Å²) >= 11 is 0. The number of hydroxylamine groups is 1. The second-order valence-electron chi connectivity index (χ2n) is 7.13. The topological polar surface area (TPSA) is 108 Å². The lowest BCUT2D eigenvalue weighted by Gasteiger charge is -2.14. The van der Waals surface area contributed by atoms with Crippen LogP contribution in [0.5, 0.6) is 11.5 Å². The summed E-state index contributed by atoms with van der Waals surface area (Å²) in [5.74, 6) is 3.97. The summed E-state index contributed by atoms with van der Waals surface area (Å²) in [6.45, 7) is 0.496. The SMILES string of the molecule is C#Cc1cccc(Nc2ncnc3cc(OC)c(OCCCCCCC(=O)N[O-])cc23)c1. The quantitative estimate of drug-likeness (QED) is 0.263. The number of amides is 1. The Morgan fingerprint density at radius 3 is 2.75 bits per heavy atom. The van der Waals surface area contributed by atoms with E-state index in [1.54, 1.807) is 7.11 Å². The minimum absolute atomic E-state index is 0.253. The normalized spacial score (nSPS) is 10.4. The van der Waals surface area contributed by atoms with E-state index in [2.05, 4.69) is 21.2 Å². The molecule has 0 atom stereocenters. The number of terminal acetylenes is 1. The van der Waals surface area contributed by atoms with Gasteiger partial charge in [-0.1, -0.05) is 24.8 Å². The molecule has 0 saturated heterocycles. The maximum Gasteiger partial charge on any atom is 0.209 e. The maximum absolute atomic E-state index is 11.0. The number of unbranched alkanes of at least 4 members (excludes halogenated alkanes) is 3. The van der Waals surface area contributed by atoms with Gasteiger partial charge in [0.25, 0.3) is 0 Å². The monoisotopic (exact) mass is 433 g/mol. The van der Waals surface area contributed by atoms with Gasteiger partial charge in [-0.2, -0.15) is 0 Å². The zero-order valence-electron chi connectivity index (χ0n) is 17.9. The molecule has 0 spiro atoms. The van der Waals surface area contributed by atoms with E-state index in [0.717, 1.165) is 41.4 Å². The third-order valence-corrected chi connectivity index (χ3v) is 4.88. The summed E-state index contributed by atoms with van der Waals surface area (Å²) in [6.07, 6.45) is 10.5. The number of fused-ring (bicyclic) bond motifs is 1. The van der Waals surface area contributed by atoms with Crippen molar-refractivity contribution in [2.24, 2.45) is 0 Å². The Labute approximate surface area is 186 Å². The summed E-state index contributed by atoms with van der Waals surface area (Å²) in [7, 11) is 1.58. The first-order chi connectivity index (χ1) is 15.6. The molecule has 0 saturated carbocycles. The van der Waals surface area contributed by atoms with Gasteiger partial charge in [-0.25, -0.2) is 9.97 Å². The summed E-state index contributed by atoms with van der Waals surface area (Å²) in [5.41, 5.74) is 3.70. The highest BCUT2D eigenvalue weighted by molar-refractivity contribution is 5.93. The second-order valence-corrected chi connectivity index (χ2v) is 7.13. The number of hydrogen-bond donors (Lipinski definition) is 2. The molecule has 2 N–H and O–H groups in total. The highest BCUT2D eigenvalue weighted by Crippen LogP contribution is 2.35. The van der Waals surface area contributed by atoms with Crippen LogP contribution in [0, 0.1) is 17.6 Å². The van der Waals surface area contributed by atoms with E-state index < -0.39 is 5.91 Å². The number of carbonyl (C=O) groups excluding carboxylic acids is 1. The molecule has 1 aromatic heterocycles. The molecule has 8 heteroatoms. The van der Waals surface area contributed by atoms with Gasteiger partial charge in [-0.05, 0) is 37.1 Å². The number of hydrogen-bond acceptors (Lipinski definition) is 7. The van der Waals surface area contributed by atoms with Crippen molar-refractivity contribution in [3.8, 4) is 23.8 Å². The fraction of sp³-hybridized carbons (Fsp3) is 0.292. The third kappa shape index (κ3) is 6.09. The molecule has 0 fully saturated rings. The number of nitrogens with zero attached hydrogens (tertiary/aromatic N) is 2. The van der Waals surface area contributed by atoms with Gasteiger partial charge < -0.3 is 25.5 Å². The Balaban J connectivity index is 1.69. The number of methoxy groups -OCH3 is 1. The van der Waals surface area contributed by atoms with Gasteiger partial charge in [0.1, 0.15) is 12.1 Å². The van der Waals surface area contributed by atoms with Crippen molar-refractivity contribution in [2.45, 2.75) is 32.1 Å². The average molecular weight is 433 g/mol. The van der Waals surface area contributed by atoms with Crippen molar-refractivity contribution in [3.63, 3.8) is 0 Å². The molecule has 1 amide bonds. The van der Waals surface area contributed by atoms with Gasteiger partial charge in [0.2, 0.25) is 5.91 Å². The van der Waals surface area contributed by atoms with E-state index in [4.69, 9.17) is 15.9 Å². The van der Waals surface area contributed by atoms with Crippen molar-refractivity contribution < 1.29 is 14.3 Å². The molecule has 0 aliphatic carbocycles. The number of anilines is 2. The van der Waals surface area contributed by atoms with Gasteiger partial charge in [0, 0.05) is 29.1 Å². The number of aromatic nitrogens is 2. The largest absolute Gasteiger partial charge is 0.759 e. The van der Waals surface area contributed by atoms with Crippen LogP contribution in [0.1, 0.15) is 37.7 Å². The van der Waals surface area contributed by atoms with Gasteiger partial charge in [0.15, 0.2) is 11.5 Å². The molecule has 166 valence electrons. The van der Waals surface area contributed by atoms with E-state index in [0.29, 0.717) is 30.3 Å². The lowest BCUT2D eigenvalue weighted by Crippen LogP contribution is -2.14. The standard InChI is InChI=1S/C24H25N4O4/c1-3-17-9-8-10-18(13-17)27-24-19-14-22(21(31-2)15-20(19)25-16-26-24)32-12-7-5-4-6-11-23(29)28-30/h1,8-10,13-16H,4-7,11-12H2,2H3,(H2-,25,26,27,28,29,30)/q-1. The molecule has 32 heavy (non-hydrogen) atoms. The van der Waals surface area contributed by atoms with Crippen molar-refractivity contribution >= 4 is 28.3 Å². The Morgan fingerprint density at radius 1 is 1.12 bits per heavy atom. The lowest BCUT2D eigenvalue weighted by atomic mass is 10.1. The van der Waals surface area contributed by atoms with E-state index in [-0.39, 0.29) is 6.42 Å². The van der Waals surface area contributed by atoms with Crippen LogP contribution in [0.3, 0.4) is 0 Å². The number of rotatable bonds is 11. The first-order valence-electron chi connectivity index (χ1n) is 10.3. The lowest BCUT2D eigenvalue weighted by molar-refractivity contribution is -0.120. The number of benzene rings is 2. The molecular weight excluding hydrogens is 408 g/mol. The van der Waals surface area contributed by atoms with Crippen LogP contribution in [0.4, 0.5) is 11.5 Å². The first kappa shape index (κ1) is 22.8. The maximum atomic E-state index is 11.0. The minimum atomic E-state index is -0.472. The molecule has 0 bridgehead atoms. The zero-order chi connectivity index (χ0) is 22.8. The van der Waals surface area contributed by atoms with Gasteiger partial charge in [-0.15, -0.1) is 6.42 Å². The van der Waals surface area contributed by atoms with Crippen molar-refractivity contribution in [1.29, 1.82) is 0 Å². The summed E-state index contributed by atoms with van der Waals surface area (Å²) in [6, 6.07) is 11.2. The van der Waals surface area contributed by atoms with Crippen molar-refractivity contribution in [1.82, 2.24) is 15.4 Å². The van der Waals surface area contributed by atoms with Crippen LogP contribution in [0.25, 0.3) is 10.9 Å². The number of nitrogens with one attached hydrogen (secondary N) is 2. The molecule has 8 nitrogen and oxygen atoms in total. The molecule has 3 rings (SSSR count). The number of carbonyl (C=O) groups is 1. The van der Waals surface area contributed by atoms with E-state index in [9.17, 15) is 10.0 Å². The molecule has 2 aromatic carbocycles.